The van der Waals surface area contributed by atoms with E-state index in [-0.39, 0.29) is 11.1 Å². The number of carbonyl (C=O) groups is 7. The number of ether oxygens (including phenoxy) is 12. The fourth-order valence-electron chi connectivity index (χ4n) is 6.36. The van der Waals surface area contributed by atoms with Crippen LogP contribution < -0.4 is 0 Å². The van der Waals surface area contributed by atoms with Crippen molar-refractivity contribution in [2.45, 2.75) is 102 Å². The Hall–Kier alpha value is -5.47. The third-order valence-electron chi connectivity index (χ3n) is 8.72. The predicted octanol–water partition coefficient (Wildman–Crippen LogP) is 1.57. The van der Waals surface area contributed by atoms with E-state index in [0.29, 0.717) is 0 Å². The number of benzene rings is 2. The molecule has 57 heavy (non-hydrogen) atoms. The van der Waals surface area contributed by atoms with E-state index in [9.17, 15) is 33.6 Å². The topological polar surface area (TPSA) is 230 Å². The lowest BCUT2D eigenvalue weighted by atomic mass is 10.0. The smallest absolute Gasteiger partial charge is 0.366 e. The molecule has 5 rings (SSSR count). The van der Waals surface area contributed by atoms with Crippen molar-refractivity contribution in [3.63, 3.8) is 0 Å². The van der Waals surface area contributed by atoms with Gasteiger partial charge < -0.3 is 56.8 Å². The van der Waals surface area contributed by atoms with Gasteiger partial charge in [0.05, 0.1) is 24.8 Å². The Kier molecular flexibility index (Phi) is 14.0. The predicted molar refractivity (Wildman–Crippen MR) is 184 cm³/mol. The van der Waals surface area contributed by atoms with E-state index in [0.717, 1.165) is 34.8 Å². The maximum Gasteiger partial charge on any atom is 0.366 e. The van der Waals surface area contributed by atoms with Crippen LogP contribution in [0.15, 0.2) is 60.7 Å². The van der Waals surface area contributed by atoms with E-state index in [4.69, 9.17) is 56.8 Å². The highest BCUT2D eigenvalue weighted by Crippen LogP contribution is 2.42. The number of methoxy groups -OCH3 is 1. The molecule has 0 aromatic heterocycles. The van der Waals surface area contributed by atoms with Gasteiger partial charge in [-0.3, -0.25) is 19.2 Å². The highest BCUT2D eigenvalue weighted by Gasteiger charge is 2.63. The zero-order valence-corrected chi connectivity index (χ0v) is 31.7. The first kappa shape index (κ1) is 42.7. The first-order valence-corrected chi connectivity index (χ1v) is 17.6. The molecule has 2 aromatic rings. The molecule has 3 aliphatic heterocycles. The summed E-state index contributed by atoms with van der Waals surface area (Å²) in [6, 6.07) is 15.7. The van der Waals surface area contributed by atoms with Gasteiger partial charge in [-0.2, -0.15) is 0 Å². The molecule has 0 unspecified atom stereocenters. The van der Waals surface area contributed by atoms with Crippen LogP contribution in [0.3, 0.4) is 0 Å². The molecule has 0 bridgehead atoms. The third kappa shape index (κ3) is 10.5. The molecule has 0 saturated carbocycles. The molecule has 0 spiro atoms. The van der Waals surface area contributed by atoms with E-state index in [2.05, 4.69) is 0 Å². The van der Waals surface area contributed by atoms with Crippen LogP contribution >= 0.6 is 0 Å². The monoisotopic (exact) mass is 802 g/mol. The molecule has 19 nitrogen and oxygen atoms in total. The average Bonchev–Trinajstić information content (AvgIpc) is 3.79. The fraction of sp³-hybridized carbons (Fsp3) is 0.500. The Balaban J connectivity index is 1.49. The molecule has 19 heteroatoms. The number of esters is 7. The first-order chi connectivity index (χ1) is 27.1. The molecule has 308 valence electrons. The Labute approximate surface area is 325 Å². The van der Waals surface area contributed by atoms with Gasteiger partial charge in [-0.1, -0.05) is 36.4 Å². The number of rotatable bonds is 15. The summed E-state index contributed by atoms with van der Waals surface area (Å²) in [6.07, 6.45) is -14.5. The van der Waals surface area contributed by atoms with Crippen molar-refractivity contribution in [2.75, 3.05) is 20.3 Å². The van der Waals surface area contributed by atoms with Crippen LogP contribution in [0, 0.1) is 0 Å². The molecule has 2 aromatic carbocycles. The van der Waals surface area contributed by atoms with E-state index in [1.54, 1.807) is 36.4 Å². The van der Waals surface area contributed by atoms with E-state index < -0.39 is 122 Å². The Bertz CT molecular complexity index is 1780. The van der Waals surface area contributed by atoms with Gasteiger partial charge in [0.15, 0.2) is 49.2 Å². The minimum absolute atomic E-state index is 0.115. The molecule has 0 N–H and O–H groups in total. The van der Waals surface area contributed by atoms with Gasteiger partial charge in [-0.05, 0) is 24.3 Å². The SMILES string of the molecule is COC(=O)[C@]1(C)O[C@H]2O[C@@H]([C@H](CO[C@H]3O[C@@H]([C@@H](COC(C)=O)OC(C)=O)[C@H](OC(C)=O)[C@H]3OC(C)=O)OC(=O)c3ccccc3)[C@H](OC(=O)c3ccccc3)[C@H]2O1. The standard InChI is InChI=1S/C38H42O19/c1-19(39)47-17-25(49-20(2)40)27-29(50-21(3)41)31(51-22(4)42)35(54-27)48-18-26(52-33(43)23-13-9-7-10-14-23)28-30(53-34(44)24-15-11-8-12-16-24)32-36(55-28)57-38(5,56-32)37(45)46-6/h7-16,25-32,35-36H,17-18H2,1-6H3/t25-,26+,27+,28+,29+,30+,31-,32-,35+,36-,38+/m1/s1. The van der Waals surface area contributed by atoms with Crippen molar-refractivity contribution in [3.8, 4) is 0 Å². The summed E-state index contributed by atoms with van der Waals surface area (Å²) >= 11 is 0. The number of fused-ring (bicyclic) bond motifs is 1. The van der Waals surface area contributed by atoms with Gasteiger partial charge in [0.1, 0.15) is 18.8 Å². The van der Waals surface area contributed by atoms with Gasteiger partial charge in [0, 0.05) is 34.6 Å². The van der Waals surface area contributed by atoms with Crippen LogP contribution in [0.1, 0.15) is 55.3 Å². The summed E-state index contributed by atoms with van der Waals surface area (Å²) in [6.45, 7) is 4.42. The summed E-state index contributed by atoms with van der Waals surface area (Å²) in [5.41, 5.74) is 0.259. The molecule has 3 aliphatic rings. The largest absolute Gasteiger partial charge is 0.465 e. The van der Waals surface area contributed by atoms with Gasteiger partial charge in [0.2, 0.25) is 0 Å². The minimum atomic E-state index is -1.97. The van der Waals surface area contributed by atoms with Gasteiger partial charge in [-0.15, -0.1) is 0 Å². The van der Waals surface area contributed by atoms with Gasteiger partial charge >= 0.3 is 41.8 Å². The van der Waals surface area contributed by atoms with Crippen LogP contribution in [-0.2, 0) is 80.8 Å². The lowest BCUT2D eigenvalue weighted by molar-refractivity contribution is -0.248. The van der Waals surface area contributed by atoms with Crippen molar-refractivity contribution in [1.82, 2.24) is 0 Å². The Morgan fingerprint density at radius 2 is 1.19 bits per heavy atom. The van der Waals surface area contributed by atoms with Crippen molar-refractivity contribution in [1.29, 1.82) is 0 Å². The molecular formula is C38H42O19. The molecule has 3 fully saturated rings. The van der Waals surface area contributed by atoms with Crippen LogP contribution in [0.4, 0.5) is 0 Å². The number of hydrogen-bond acceptors (Lipinski definition) is 19. The maximum absolute atomic E-state index is 13.6. The second kappa shape index (κ2) is 18.6. The quantitative estimate of drug-likeness (QED) is 0.184. The molecule has 3 heterocycles. The Morgan fingerprint density at radius 1 is 0.632 bits per heavy atom. The lowest BCUT2D eigenvalue weighted by Crippen LogP contribution is -2.49. The van der Waals surface area contributed by atoms with E-state index >= 15 is 0 Å². The zero-order chi connectivity index (χ0) is 41.4. The molecule has 0 aliphatic carbocycles. The molecule has 0 amide bonds. The van der Waals surface area contributed by atoms with Crippen LogP contribution in [0.25, 0.3) is 0 Å². The average molecular weight is 803 g/mol. The van der Waals surface area contributed by atoms with Gasteiger partial charge in [0.25, 0.3) is 5.79 Å². The zero-order valence-electron chi connectivity index (χ0n) is 31.7. The molecule has 11 atom stereocenters. The number of carbonyl (C=O) groups excluding carboxylic acids is 7. The summed E-state index contributed by atoms with van der Waals surface area (Å²) in [7, 11) is 1.12. The normalized spacial score (nSPS) is 28.5. The van der Waals surface area contributed by atoms with Crippen LogP contribution in [0.2, 0.25) is 0 Å². The highest BCUT2D eigenvalue weighted by molar-refractivity contribution is 5.90. The summed E-state index contributed by atoms with van der Waals surface area (Å²) < 4.78 is 68.2. The maximum atomic E-state index is 13.6. The van der Waals surface area contributed by atoms with Crippen molar-refractivity contribution in [2.24, 2.45) is 0 Å². The van der Waals surface area contributed by atoms with Crippen LogP contribution in [0.5, 0.6) is 0 Å². The molecule has 0 radical (unpaired) electrons. The number of hydrogen-bond donors (Lipinski definition) is 0. The van der Waals surface area contributed by atoms with Crippen molar-refractivity contribution >= 4 is 41.8 Å². The van der Waals surface area contributed by atoms with E-state index in [1.165, 1.54) is 31.2 Å². The molecular weight excluding hydrogens is 760 g/mol. The Morgan fingerprint density at radius 3 is 1.75 bits per heavy atom. The van der Waals surface area contributed by atoms with Crippen LogP contribution in [-0.4, -0.2) is 129 Å². The van der Waals surface area contributed by atoms with Crippen molar-refractivity contribution < 1.29 is 90.4 Å². The van der Waals surface area contributed by atoms with E-state index in [1.807, 2.05) is 0 Å². The first-order valence-electron chi connectivity index (χ1n) is 17.6. The second-order valence-corrected chi connectivity index (χ2v) is 13.1. The van der Waals surface area contributed by atoms with Crippen molar-refractivity contribution in [3.05, 3.63) is 71.8 Å². The van der Waals surface area contributed by atoms with Gasteiger partial charge in [-0.25, -0.2) is 14.4 Å². The third-order valence-corrected chi connectivity index (χ3v) is 8.72. The summed E-state index contributed by atoms with van der Waals surface area (Å²) in [4.78, 5) is 88.1. The highest BCUT2D eigenvalue weighted by atomic mass is 16.9. The summed E-state index contributed by atoms with van der Waals surface area (Å²) in [5, 5.41) is 0. The lowest BCUT2D eigenvalue weighted by Gasteiger charge is -2.31. The summed E-state index contributed by atoms with van der Waals surface area (Å²) in [5.74, 6) is -7.82. The molecule has 3 saturated heterocycles. The fourth-order valence-corrected chi connectivity index (χ4v) is 6.36. The minimum Gasteiger partial charge on any atom is -0.465 e. The second-order valence-electron chi connectivity index (χ2n) is 13.1.